The van der Waals surface area contributed by atoms with Crippen LogP contribution in [0.15, 0.2) is 12.3 Å². The van der Waals surface area contributed by atoms with Gasteiger partial charge in [-0.1, -0.05) is 32.6 Å². The number of likely N-dealkylation sites (tertiary alicyclic amines) is 1. The summed E-state index contributed by atoms with van der Waals surface area (Å²) >= 11 is 0. The lowest BCUT2D eigenvalue weighted by molar-refractivity contribution is 0.241. The Labute approximate surface area is 153 Å². The first-order valence-corrected chi connectivity index (χ1v) is 10.3. The second kappa shape index (κ2) is 9.37. The van der Waals surface area contributed by atoms with Crippen LogP contribution in [0.4, 0.5) is 11.8 Å². The van der Waals surface area contributed by atoms with E-state index in [1.807, 2.05) is 6.20 Å². The van der Waals surface area contributed by atoms with Crippen LogP contribution in [0.5, 0.6) is 0 Å². The monoisotopic (exact) mass is 345 g/mol. The molecule has 0 amide bonds. The number of nitrogens with one attached hydrogen (secondary N) is 1. The van der Waals surface area contributed by atoms with Crippen LogP contribution in [-0.4, -0.2) is 53.1 Å². The molecule has 3 rings (SSSR count). The van der Waals surface area contributed by atoms with Crippen LogP contribution < -0.4 is 10.2 Å². The molecule has 5 heteroatoms. The number of hydrogen-bond acceptors (Lipinski definition) is 5. The number of unbranched alkanes of at least 4 members (excludes halogenated alkanes) is 1. The highest BCUT2D eigenvalue weighted by Gasteiger charge is 2.26. The smallest absolute Gasteiger partial charge is 0.224 e. The maximum absolute atomic E-state index is 4.81. The predicted octanol–water partition coefficient (Wildman–Crippen LogP) is 3.92. The van der Waals surface area contributed by atoms with Gasteiger partial charge in [-0.05, 0) is 38.7 Å². The molecule has 2 atom stereocenters. The average molecular weight is 346 g/mol. The predicted molar refractivity (Wildman–Crippen MR) is 105 cm³/mol. The summed E-state index contributed by atoms with van der Waals surface area (Å²) < 4.78 is 0. The summed E-state index contributed by atoms with van der Waals surface area (Å²) in [5.41, 5.74) is 0. The van der Waals surface area contributed by atoms with Crippen LogP contribution in [0.2, 0.25) is 0 Å². The Bertz CT molecular complexity index is 513. The van der Waals surface area contributed by atoms with Crippen LogP contribution >= 0.6 is 0 Å². The lowest BCUT2D eigenvalue weighted by Crippen LogP contribution is -2.33. The summed E-state index contributed by atoms with van der Waals surface area (Å²) in [6, 6.07) is 3.23. The molecule has 25 heavy (non-hydrogen) atoms. The Balaban J connectivity index is 1.54. The fraction of sp³-hybridized carbons (Fsp3) is 0.800. The largest absolute Gasteiger partial charge is 0.356 e. The maximum atomic E-state index is 4.81. The first kappa shape index (κ1) is 18.4. The zero-order valence-electron chi connectivity index (χ0n) is 16.1. The number of aromatic nitrogens is 2. The quantitative estimate of drug-likeness (QED) is 0.811. The van der Waals surface area contributed by atoms with Gasteiger partial charge in [0.1, 0.15) is 5.82 Å². The second-order valence-electron chi connectivity index (χ2n) is 7.76. The molecule has 1 N–H and O–H groups in total. The highest BCUT2D eigenvalue weighted by Crippen LogP contribution is 2.21. The molecule has 0 bridgehead atoms. The normalized spacial score (nSPS) is 23.4. The molecule has 0 saturated carbocycles. The van der Waals surface area contributed by atoms with Gasteiger partial charge in [0, 0.05) is 44.5 Å². The van der Waals surface area contributed by atoms with Crippen LogP contribution in [0, 0.1) is 0 Å². The molecular formula is C20H35N5. The number of nitrogens with zero attached hydrogens (tertiary/aromatic N) is 4. The van der Waals surface area contributed by atoms with E-state index in [1.54, 1.807) is 0 Å². The van der Waals surface area contributed by atoms with Gasteiger partial charge < -0.3 is 10.2 Å². The first-order valence-electron chi connectivity index (χ1n) is 10.3. The zero-order chi connectivity index (χ0) is 17.5. The van der Waals surface area contributed by atoms with E-state index in [1.165, 1.54) is 57.9 Å². The third kappa shape index (κ3) is 5.30. The Kier molecular flexibility index (Phi) is 6.91. The fourth-order valence-corrected chi connectivity index (χ4v) is 4.06. The zero-order valence-corrected chi connectivity index (χ0v) is 16.1. The number of hydrogen-bond donors (Lipinski definition) is 1. The minimum absolute atomic E-state index is 0.475. The maximum Gasteiger partial charge on any atom is 0.224 e. The molecule has 5 nitrogen and oxygen atoms in total. The summed E-state index contributed by atoms with van der Waals surface area (Å²) in [7, 11) is 0. The van der Waals surface area contributed by atoms with Crippen LogP contribution in [0.3, 0.4) is 0 Å². The molecule has 1 aromatic rings. The standard InChI is InChI=1S/C20H35N5/c1-3-4-9-17(2)25-15-11-18(16-25)22-20-21-12-10-19(23-20)24-13-7-5-6-8-14-24/h10,12,17-18H,3-9,11,13-16H2,1-2H3,(H,21,22,23). The SMILES string of the molecule is CCCCC(C)N1CCC(Nc2nccc(N3CCCCCC3)n2)C1. The van der Waals surface area contributed by atoms with Gasteiger partial charge in [0.15, 0.2) is 0 Å². The van der Waals surface area contributed by atoms with Crippen molar-refractivity contribution in [2.45, 2.75) is 77.3 Å². The van der Waals surface area contributed by atoms with Gasteiger partial charge in [-0.2, -0.15) is 4.98 Å². The number of anilines is 2. The molecule has 2 saturated heterocycles. The van der Waals surface area contributed by atoms with Crippen molar-refractivity contribution >= 4 is 11.8 Å². The Hall–Kier alpha value is -1.36. The molecule has 0 spiro atoms. The highest BCUT2D eigenvalue weighted by atomic mass is 15.3. The summed E-state index contributed by atoms with van der Waals surface area (Å²) in [6.45, 7) is 9.20. The molecule has 0 radical (unpaired) electrons. The van der Waals surface area contributed by atoms with Crippen LogP contribution in [0.1, 0.15) is 65.2 Å². The summed E-state index contributed by atoms with van der Waals surface area (Å²) in [4.78, 5) is 14.3. The van der Waals surface area contributed by atoms with Crippen LogP contribution in [-0.2, 0) is 0 Å². The lowest BCUT2D eigenvalue weighted by atomic mass is 10.1. The fourth-order valence-electron chi connectivity index (χ4n) is 4.06. The molecule has 2 aliphatic rings. The second-order valence-corrected chi connectivity index (χ2v) is 7.76. The number of rotatable bonds is 7. The molecule has 0 aromatic carbocycles. The van der Waals surface area contributed by atoms with Gasteiger partial charge in [0.25, 0.3) is 0 Å². The molecule has 2 aliphatic heterocycles. The van der Waals surface area contributed by atoms with Crippen molar-refractivity contribution < 1.29 is 0 Å². The van der Waals surface area contributed by atoms with Gasteiger partial charge >= 0.3 is 0 Å². The molecule has 3 heterocycles. The van der Waals surface area contributed by atoms with E-state index in [9.17, 15) is 0 Å². The summed E-state index contributed by atoms with van der Waals surface area (Å²) in [5.74, 6) is 1.89. The van der Waals surface area contributed by atoms with Crippen molar-refractivity contribution in [2.75, 3.05) is 36.4 Å². The minimum Gasteiger partial charge on any atom is -0.356 e. The van der Waals surface area contributed by atoms with Crippen LogP contribution in [0.25, 0.3) is 0 Å². The molecule has 2 unspecified atom stereocenters. The van der Waals surface area contributed by atoms with Gasteiger partial charge in [-0.3, -0.25) is 4.90 Å². The van der Waals surface area contributed by atoms with Crippen molar-refractivity contribution in [3.8, 4) is 0 Å². The van der Waals surface area contributed by atoms with E-state index in [0.29, 0.717) is 12.1 Å². The molecule has 140 valence electrons. The Morgan fingerprint density at radius 3 is 2.76 bits per heavy atom. The van der Waals surface area contributed by atoms with E-state index in [-0.39, 0.29) is 0 Å². The van der Waals surface area contributed by atoms with Crippen molar-refractivity contribution in [1.82, 2.24) is 14.9 Å². The molecule has 0 aliphatic carbocycles. The Morgan fingerprint density at radius 2 is 2.00 bits per heavy atom. The highest BCUT2D eigenvalue weighted by molar-refractivity contribution is 5.43. The van der Waals surface area contributed by atoms with Crippen molar-refractivity contribution in [3.05, 3.63) is 12.3 Å². The molecule has 2 fully saturated rings. The lowest BCUT2D eigenvalue weighted by Gasteiger charge is -2.24. The van der Waals surface area contributed by atoms with Crippen molar-refractivity contribution in [1.29, 1.82) is 0 Å². The van der Waals surface area contributed by atoms with E-state index < -0.39 is 0 Å². The van der Waals surface area contributed by atoms with E-state index >= 15 is 0 Å². The topological polar surface area (TPSA) is 44.3 Å². The minimum atomic E-state index is 0.475. The van der Waals surface area contributed by atoms with E-state index in [0.717, 1.165) is 31.4 Å². The van der Waals surface area contributed by atoms with Crippen molar-refractivity contribution in [2.24, 2.45) is 0 Å². The molecule has 1 aromatic heterocycles. The summed E-state index contributed by atoms with van der Waals surface area (Å²) in [5, 5.41) is 3.59. The third-order valence-corrected chi connectivity index (χ3v) is 5.72. The summed E-state index contributed by atoms with van der Waals surface area (Å²) in [6.07, 6.45) is 12.3. The van der Waals surface area contributed by atoms with Gasteiger partial charge in [-0.25, -0.2) is 4.98 Å². The average Bonchev–Trinajstić information content (AvgIpc) is 2.92. The van der Waals surface area contributed by atoms with E-state index in [2.05, 4.69) is 40.0 Å². The van der Waals surface area contributed by atoms with E-state index in [4.69, 9.17) is 4.98 Å². The van der Waals surface area contributed by atoms with Gasteiger partial charge in [0.2, 0.25) is 5.95 Å². The first-order chi connectivity index (χ1) is 12.3. The molecular weight excluding hydrogens is 310 g/mol. The van der Waals surface area contributed by atoms with Gasteiger partial charge in [-0.15, -0.1) is 0 Å². The third-order valence-electron chi connectivity index (χ3n) is 5.72. The van der Waals surface area contributed by atoms with Gasteiger partial charge in [0.05, 0.1) is 0 Å². The Morgan fingerprint density at radius 1 is 1.20 bits per heavy atom. The van der Waals surface area contributed by atoms with Crippen molar-refractivity contribution in [3.63, 3.8) is 0 Å².